The maximum absolute atomic E-state index is 12.3. The van der Waals surface area contributed by atoms with Crippen molar-refractivity contribution in [3.63, 3.8) is 0 Å². The summed E-state index contributed by atoms with van der Waals surface area (Å²) in [5, 5.41) is 2.96. The van der Waals surface area contributed by atoms with E-state index in [2.05, 4.69) is 21.2 Å². The fourth-order valence-electron chi connectivity index (χ4n) is 2.18. The highest BCUT2D eigenvalue weighted by Gasteiger charge is 2.33. The maximum Gasteiger partial charge on any atom is 0.227 e. The molecular formula is C16H25BrN2O2. The summed E-state index contributed by atoms with van der Waals surface area (Å²) in [7, 11) is 0. The van der Waals surface area contributed by atoms with Crippen LogP contribution in [0, 0.1) is 5.41 Å². The van der Waals surface area contributed by atoms with Crippen molar-refractivity contribution in [3.05, 3.63) is 28.7 Å². The Labute approximate surface area is 135 Å². The van der Waals surface area contributed by atoms with Gasteiger partial charge in [-0.25, -0.2) is 0 Å². The van der Waals surface area contributed by atoms with Gasteiger partial charge in [-0.3, -0.25) is 4.79 Å². The van der Waals surface area contributed by atoms with Crippen molar-refractivity contribution >= 4 is 21.8 Å². The molecule has 0 spiro atoms. The minimum absolute atomic E-state index is 0.0116. The summed E-state index contributed by atoms with van der Waals surface area (Å²) < 4.78 is 6.72. The van der Waals surface area contributed by atoms with E-state index in [0.29, 0.717) is 13.1 Å². The van der Waals surface area contributed by atoms with Crippen molar-refractivity contribution in [2.45, 2.75) is 39.7 Å². The van der Waals surface area contributed by atoms with Crippen LogP contribution in [0.3, 0.4) is 0 Å². The molecule has 1 aromatic rings. The molecule has 0 aliphatic rings. The Hall–Kier alpha value is -1.07. The number of rotatable bonds is 8. The molecular weight excluding hydrogens is 332 g/mol. The Balaban J connectivity index is 2.55. The van der Waals surface area contributed by atoms with Gasteiger partial charge in [-0.15, -0.1) is 0 Å². The number of carbonyl (C=O) groups is 1. The van der Waals surface area contributed by atoms with E-state index in [4.69, 9.17) is 10.5 Å². The number of amides is 1. The zero-order valence-electron chi connectivity index (χ0n) is 13.0. The molecule has 0 bridgehead atoms. The summed E-state index contributed by atoms with van der Waals surface area (Å²) >= 11 is 3.44. The largest absolute Gasteiger partial charge is 0.488 e. The van der Waals surface area contributed by atoms with Gasteiger partial charge in [-0.2, -0.15) is 0 Å². The predicted octanol–water partition coefficient (Wildman–Crippen LogP) is 3.10. The number of hydrogen-bond acceptors (Lipinski definition) is 3. The Morgan fingerprint density at radius 2 is 2.00 bits per heavy atom. The highest BCUT2D eigenvalue weighted by Crippen LogP contribution is 2.26. The van der Waals surface area contributed by atoms with Gasteiger partial charge in [0.05, 0.1) is 16.4 Å². The van der Waals surface area contributed by atoms with Gasteiger partial charge in [-0.1, -0.05) is 26.0 Å². The molecule has 1 atom stereocenters. The molecule has 0 heterocycles. The van der Waals surface area contributed by atoms with Crippen LogP contribution in [0.25, 0.3) is 0 Å². The van der Waals surface area contributed by atoms with Crippen LogP contribution < -0.4 is 15.8 Å². The molecule has 0 saturated heterocycles. The first-order valence-electron chi connectivity index (χ1n) is 7.38. The van der Waals surface area contributed by atoms with E-state index >= 15 is 0 Å². The lowest BCUT2D eigenvalue weighted by molar-refractivity contribution is -0.131. The van der Waals surface area contributed by atoms with Crippen molar-refractivity contribution in [2.24, 2.45) is 11.1 Å². The van der Waals surface area contributed by atoms with Crippen molar-refractivity contribution in [3.8, 4) is 5.75 Å². The lowest BCUT2D eigenvalue weighted by Crippen LogP contribution is -2.47. The van der Waals surface area contributed by atoms with Gasteiger partial charge in [-0.05, 0) is 47.8 Å². The number of para-hydroxylation sites is 1. The second-order valence-electron chi connectivity index (χ2n) is 5.26. The summed E-state index contributed by atoms with van der Waals surface area (Å²) in [5.41, 5.74) is 5.32. The smallest absolute Gasteiger partial charge is 0.227 e. The Bertz CT molecular complexity index is 453. The molecule has 1 rings (SSSR count). The zero-order chi connectivity index (χ0) is 15.9. The number of halogens is 1. The molecule has 0 fully saturated rings. The molecule has 1 aromatic carbocycles. The molecule has 118 valence electrons. The third-order valence-electron chi connectivity index (χ3n) is 3.94. The van der Waals surface area contributed by atoms with Gasteiger partial charge < -0.3 is 15.8 Å². The van der Waals surface area contributed by atoms with Crippen LogP contribution in [0.4, 0.5) is 0 Å². The fourth-order valence-corrected chi connectivity index (χ4v) is 2.55. The molecule has 1 unspecified atom stereocenters. The van der Waals surface area contributed by atoms with Gasteiger partial charge >= 0.3 is 0 Å². The average molecular weight is 357 g/mol. The van der Waals surface area contributed by atoms with Gasteiger partial charge in [0.2, 0.25) is 5.91 Å². The van der Waals surface area contributed by atoms with E-state index in [1.807, 2.05) is 45.0 Å². The molecule has 5 heteroatoms. The first-order chi connectivity index (χ1) is 9.99. The lowest BCUT2D eigenvalue weighted by Gasteiger charge is -2.29. The Morgan fingerprint density at radius 3 is 2.52 bits per heavy atom. The molecule has 0 saturated carbocycles. The number of nitrogens with two attached hydrogens (primary N) is 1. The number of carbonyl (C=O) groups excluding carboxylic acids is 1. The van der Waals surface area contributed by atoms with Crippen LogP contribution >= 0.6 is 15.9 Å². The van der Waals surface area contributed by atoms with Crippen LogP contribution in [0.2, 0.25) is 0 Å². The molecule has 4 nitrogen and oxygen atoms in total. The Morgan fingerprint density at radius 1 is 1.38 bits per heavy atom. The highest BCUT2D eigenvalue weighted by atomic mass is 79.9. The first-order valence-corrected chi connectivity index (χ1v) is 8.18. The van der Waals surface area contributed by atoms with E-state index in [0.717, 1.165) is 23.1 Å². The predicted molar refractivity (Wildman–Crippen MR) is 89.3 cm³/mol. The summed E-state index contributed by atoms with van der Waals surface area (Å²) in [6.45, 7) is 6.75. The first kappa shape index (κ1) is 18.0. The second-order valence-corrected chi connectivity index (χ2v) is 6.11. The zero-order valence-corrected chi connectivity index (χ0v) is 14.6. The Kier molecular flexibility index (Phi) is 7.18. The topological polar surface area (TPSA) is 64.4 Å². The average Bonchev–Trinajstić information content (AvgIpc) is 2.50. The van der Waals surface area contributed by atoms with Crippen molar-refractivity contribution in [1.82, 2.24) is 5.32 Å². The molecule has 21 heavy (non-hydrogen) atoms. The third kappa shape index (κ3) is 4.71. The van der Waals surface area contributed by atoms with E-state index < -0.39 is 5.41 Å². The van der Waals surface area contributed by atoms with Crippen LogP contribution in [0.1, 0.15) is 33.6 Å². The van der Waals surface area contributed by atoms with Gasteiger partial charge in [0.1, 0.15) is 11.9 Å². The number of nitrogens with one attached hydrogen (secondary N) is 1. The van der Waals surface area contributed by atoms with E-state index in [1.54, 1.807) is 0 Å². The standard InChI is InChI=1S/C16H25BrN2O2/c1-4-16(5-2,11-18)15(20)19-10-12(3)21-14-9-7-6-8-13(14)17/h6-9,12H,4-5,10-11,18H2,1-3H3,(H,19,20). The van der Waals surface area contributed by atoms with Gasteiger partial charge in [0, 0.05) is 6.54 Å². The number of benzene rings is 1. The lowest BCUT2D eigenvalue weighted by atomic mass is 9.81. The molecule has 0 aromatic heterocycles. The van der Waals surface area contributed by atoms with Crippen molar-refractivity contribution in [2.75, 3.05) is 13.1 Å². The molecule has 0 radical (unpaired) electrons. The second kappa shape index (κ2) is 8.39. The normalized spacial score (nSPS) is 12.8. The van der Waals surface area contributed by atoms with Crippen LogP contribution in [-0.4, -0.2) is 25.1 Å². The highest BCUT2D eigenvalue weighted by molar-refractivity contribution is 9.10. The quantitative estimate of drug-likeness (QED) is 0.752. The SMILES string of the molecule is CCC(CC)(CN)C(=O)NCC(C)Oc1ccccc1Br. The third-order valence-corrected chi connectivity index (χ3v) is 4.60. The fraction of sp³-hybridized carbons (Fsp3) is 0.562. The summed E-state index contributed by atoms with van der Waals surface area (Å²) in [6.07, 6.45) is 1.37. The molecule has 0 aliphatic carbocycles. The van der Waals surface area contributed by atoms with Crippen LogP contribution in [-0.2, 0) is 4.79 Å². The van der Waals surface area contributed by atoms with Crippen molar-refractivity contribution in [1.29, 1.82) is 0 Å². The van der Waals surface area contributed by atoms with Gasteiger partial charge in [0.15, 0.2) is 0 Å². The molecule has 1 amide bonds. The summed E-state index contributed by atoms with van der Waals surface area (Å²) in [5.74, 6) is 0.785. The number of ether oxygens (including phenoxy) is 1. The van der Waals surface area contributed by atoms with Crippen molar-refractivity contribution < 1.29 is 9.53 Å². The van der Waals surface area contributed by atoms with E-state index in [9.17, 15) is 4.79 Å². The monoisotopic (exact) mass is 356 g/mol. The minimum Gasteiger partial charge on any atom is -0.488 e. The molecule has 3 N–H and O–H groups in total. The van der Waals surface area contributed by atoms with E-state index in [-0.39, 0.29) is 12.0 Å². The van der Waals surface area contributed by atoms with Crippen LogP contribution in [0.15, 0.2) is 28.7 Å². The summed E-state index contributed by atoms with van der Waals surface area (Å²) in [6, 6.07) is 7.67. The number of hydrogen-bond donors (Lipinski definition) is 2. The van der Waals surface area contributed by atoms with Gasteiger partial charge in [0.25, 0.3) is 0 Å². The minimum atomic E-state index is -0.465. The maximum atomic E-state index is 12.3. The van der Waals surface area contributed by atoms with Crippen LogP contribution in [0.5, 0.6) is 5.75 Å². The summed E-state index contributed by atoms with van der Waals surface area (Å²) in [4.78, 5) is 12.3. The van der Waals surface area contributed by atoms with E-state index in [1.165, 1.54) is 0 Å². The molecule has 0 aliphatic heterocycles.